The molecular weight excluding hydrogens is 468 g/mol. The molecule has 0 unspecified atom stereocenters. The summed E-state index contributed by atoms with van der Waals surface area (Å²) < 4.78 is 10.9. The number of hydrogen-bond donors (Lipinski definition) is 2. The van der Waals surface area contributed by atoms with Crippen LogP contribution in [0.4, 0.5) is 10.5 Å². The van der Waals surface area contributed by atoms with Gasteiger partial charge < -0.3 is 14.4 Å². The summed E-state index contributed by atoms with van der Waals surface area (Å²) in [7, 11) is 0. The SMILES string of the molecule is Cc1noc(-c2ccc(-c3ccc(CC4(C(=O)O)CC4)cc3)cc2)c1NC(=O)OCCc1ccccc1. The zero-order valence-corrected chi connectivity index (χ0v) is 20.6. The van der Waals surface area contributed by atoms with E-state index in [9.17, 15) is 14.7 Å². The summed E-state index contributed by atoms with van der Waals surface area (Å²) in [5.74, 6) is -0.244. The van der Waals surface area contributed by atoms with Gasteiger partial charge in [-0.1, -0.05) is 84.0 Å². The molecule has 0 bridgehead atoms. The maximum atomic E-state index is 12.4. The van der Waals surface area contributed by atoms with Gasteiger partial charge in [-0.05, 0) is 48.4 Å². The molecule has 7 nitrogen and oxygen atoms in total. The van der Waals surface area contributed by atoms with E-state index in [-0.39, 0.29) is 6.61 Å². The fourth-order valence-electron chi connectivity index (χ4n) is 4.40. The molecule has 5 rings (SSSR count). The number of carboxylic acid groups (broad SMARTS) is 1. The first-order valence-electron chi connectivity index (χ1n) is 12.3. The highest BCUT2D eigenvalue weighted by molar-refractivity contribution is 5.91. The Hall–Kier alpha value is -4.39. The van der Waals surface area contributed by atoms with Gasteiger partial charge in [-0.25, -0.2) is 4.79 Å². The van der Waals surface area contributed by atoms with Gasteiger partial charge in [-0.2, -0.15) is 0 Å². The third-order valence-corrected chi connectivity index (χ3v) is 6.84. The Labute approximate surface area is 215 Å². The van der Waals surface area contributed by atoms with Gasteiger partial charge in [0.25, 0.3) is 0 Å². The van der Waals surface area contributed by atoms with E-state index < -0.39 is 17.5 Å². The number of carbonyl (C=O) groups is 2. The van der Waals surface area contributed by atoms with Crippen LogP contribution in [0.3, 0.4) is 0 Å². The average molecular weight is 497 g/mol. The number of hydrogen-bond acceptors (Lipinski definition) is 5. The number of benzene rings is 3. The van der Waals surface area contributed by atoms with Crippen molar-refractivity contribution in [1.82, 2.24) is 5.16 Å². The molecule has 1 heterocycles. The van der Waals surface area contributed by atoms with Gasteiger partial charge in [0, 0.05) is 12.0 Å². The van der Waals surface area contributed by atoms with Gasteiger partial charge in [-0.15, -0.1) is 0 Å². The topological polar surface area (TPSA) is 102 Å². The summed E-state index contributed by atoms with van der Waals surface area (Å²) in [6.07, 6.45) is 2.13. The maximum Gasteiger partial charge on any atom is 0.411 e. The van der Waals surface area contributed by atoms with Crippen molar-refractivity contribution >= 4 is 17.7 Å². The molecule has 1 saturated carbocycles. The number of nitrogens with zero attached hydrogens (tertiary/aromatic N) is 1. The minimum Gasteiger partial charge on any atom is -0.481 e. The largest absolute Gasteiger partial charge is 0.481 e. The standard InChI is InChI=1S/C30H28N2O5/c1-20-26(31-29(35)36-18-15-21-5-3-2-4-6-21)27(37-32-20)25-13-11-24(12-14-25)23-9-7-22(8-10-23)19-30(16-17-30)28(33)34/h2-14H,15-19H2,1H3,(H,31,35)(H,33,34). The van der Waals surface area contributed by atoms with Crippen molar-refractivity contribution in [2.45, 2.75) is 32.6 Å². The summed E-state index contributed by atoms with van der Waals surface area (Å²) >= 11 is 0. The molecule has 2 N–H and O–H groups in total. The molecule has 0 saturated heterocycles. The molecule has 4 aromatic rings. The lowest BCUT2D eigenvalue weighted by Crippen LogP contribution is -2.17. The van der Waals surface area contributed by atoms with Crippen LogP contribution in [0, 0.1) is 12.3 Å². The van der Waals surface area contributed by atoms with Gasteiger partial charge in [0.2, 0.25) is 0 Å². The number of carboxylic acids is 1. The predicted molar refractivity (Wildman–Crippen MR) is 140 cm³/mol. The van der Waals surface area contributed by atoms with Crippen molar-refractivity contribution in [3.63, 3.8) is 0 Å². The minimum absolute atomic E-state index is 0.264. The smallest absolute Gasteiger partial charge is 0.411 e. The number of amides is 1. The third-order valence-electron chi connectivity index (χ3n) is 6.84. The van der Waals surface area contributed by atoms with E-state index >= 15 is 0 Å². The molecule has 188 valence electrons. The lowest BCUT2D eigenvalue weighted by atomic mass is 9.94. The molecule has 3 aromatic carbocycles. The monoisotopic (exact) mass is 496 g/mol. The van der Waals surface area contributed by atoms with Gasteiger partial charge in [0.1, 0.15) is 11.4 Å². The quantitative estimate of drug-likeness (QED) is 0.274. The molecule has 1 fully saturated rings. The highest BCUT2D eigenvalue weighted by Crippen LogP contribution is 2.48. The Morgan fingerprint density at radius 3 is 2.16 bits per heavy atom. The molecular formula is C30H28N2O5. The first-order chi connectivity index (χ1) is 17.9. The Bertz CT molecular complexity index is 1390. The lowest BCUT2D eigenvalue weighted by Gasteiger charge is -2.10. The van der Waals surface area contributed by atoms with E-state index in [1.807, 2.05) is 78.9 Å². The molecule has 0 spiro atoms. The second-order valence-electron chi connectivity index (χ2n) is 9.51. The van der Waals surface area contributed by atoms with E-state index in [1.54, 1.807) is 6.92 Å². The van der Waals surface area contributed by atoms with Gasteiger partial charge in [0.15, 0.2) is 5.76 Å². The van der Waals surface area contributed by atoms with Crippen molar-refractivity contribution in [2.75, 3.05) is 11.9 Å². The van der Waals surface area contributed by atoms with E-state index in [0.29, 0.717) is 30.0 Å². The first kappa shape index (κ1) is 24.3. The van der Waals surface area contributed by atoms with Crippen LogP contribution in [0.15, 0.2) is 83.4 Å². The second kappa shape index (κ2) is 10.3. The number of carbonyl (C=O) groups excluding carboxylic acids is 1. The maximum absolute atomic E-state index is 12.4. The minimum atomic E-state index is -0.705. The summed E-state index contributed by atoms with van der Waals surface area (Å²) in [5.41, 5.74) is 5.42. The Morgan fingerprint density at radius 1 is 0.919 bits per heavy atom. The van der Waals surface area contributed by atoms with Crippen molar-refractivity contribution < 1.29 is 24.0 Å². The van der Waals surface area contributed by atoms with Crippen molar-refractivity contribution in [3.05, 3.63) is 95.7 Å². The fourth-order valence-corrected chi connectivity index (χ4v) is 4.40. The molecule has 0 aliphatic heterocycles. The zero-order valence-electron chi connectivity index (χ0n) is 20.6. The number of aryl methyl sites for hydroxylation is 1. The molecule has 1 amide bonds. The average Bonchev–Trinajstić information content (AvgIpc) is 3.62. The van der Waals surface area contributed by atoms with E-state index in [0.717, 1.165) is 40.7 Å². The summed E-state index contributed by atoms with van der Waals surface area (Å²) in [6, 6.07) is 25.6. The zero-order chi connectivity index (χ0) is 25.8. The Balaban J connectivity index is 1.22. The van der Waals surface area contributed by atoms with Gasteiger partial charge >= 0.3 is 12.1 Å². The highest BCUT2D eigenvalue weighted by atomic mass is 16.5. The van der Waals surface area contributed by atoms with Crippen LogP contribution in [0.5, 0.6) is 0 Å². The van der Waals surface area contributed by atoms with Crippen LogP contribution in [0.1, 0.15) is 29.7 Å². The molecule has 0 radical (unpaired) electrons. The van der Waals surface area contributed by atoms with E-state index in [1.165, 1.54) is 0 Å². The van der Waals surface area contributed by atoms with Crippen molar-refractivity contribution in [2.24, 2.45) is 5.41 Å². The number of anilines is 1. The summed E-state index contributed by atoms with van der Waals surface area (Å²) in [5, 5.41) is 16.2. The van der Waals surface area contributed by atoms with Gasteiger partial charge in [-0.3, -0.25) is 10.1 Å². The molecule has 37 heavy (non-hydrogen) atoms. The molecule has 1 aliphatic carbocycles. The van der Waals surface area contributed by atoms with E-state index in [4.69, 9.17) is 9.26 Å². The van der Waals surface area contributed by atoms with Crippen molar-refractivity contribution in [1.29, 1.82) is 0 Å². The number of aromatic nitrogens is 1. The van der Waals surface area contributed by atoms with Crippen LogP contribution in [-0.2, 0) is 22.4 Å². The molecule has 7 heteroatoms. The molecule has 1 aromatic heterocycles. The summed E-state index contributed by atoms with van der Waals surface area (Å²) in [6.45, 7) is 2.03. The highest BCUT2D eigenvalue weighted by Gasteiger charge is 2.49. The number of ether oxygens (including phenoxy) is 1. The van der Waals surface area contributed by atoms with Crippen LogP contribution in [-0.4, -0.2) is 28.9 Å². The number of nitrogens with one attached hydrogen (secondary N) is 1. The fraction of sp³-hybridized carbons (Fsp3) is 0.233. The number of rotatable bonds is 9. The summed E-state index contributed by atoms with van der Waals surface area (Å²) in [4.78, 5) is 23.9. The van der Waals surface area contributed by atoms with Crippen LogP contribution < -0.4 is 5.32 Å². The van der Waals surface area contributed by atoms with E-state index in [2.05, 4.69) is 10.5 Å². The molecule has 1 aliphatic rings. The third kappa shape index (κ3) is 5.56. The number of aliphatic carboxylic acids is 1. The van der Waals surface area contributed by atoms with Crippen LogP contribution >= 0.6 is 0 Å². The van der Waals surface area contributed by atoms with Crippen LogP contribution in [0.2, 0.25) is 0 Å². The molecule has 0 atom stereocenters. The van der Waals surface area contributed by atoms with Crippen LogP contribution in [0.25, 0.3) is 22.5 Å². The van der Waals surface area contributed by atoms with Crippen molar-refractivity contribution in [3.8, 4) is 22.5 Å². The van der Waals surface area contributed by atoms with Gasteiger partial charge in [0.05, 0.1) is 12.0 Å². The Morgan fingerprint density at radius 2 is 1.54 bits per heavy atom. The first-order valence-corrected chi connectivity index (χ1v) is 12.3. The predicted octanol–water partition coefficient (Wildman–Crippen LogP) is 6.52. The second-order valence-corrected chi connectivity index (χ2v) is 9.51. The lowest BCUT2D eigenvalue weighted by molar-refractivity contribution is -0.143. The normalized spacial score (nSPS) is 13.6. The Kier molecular flexibility index (Phi) is 6.77.